The molecule has 4 nitrogen and oxygen atoms in total. The molecule has 0 aliphatic heterocycles. The Labute approximate surface area is 94.5 Å². The fourth-order valence-corrected chi connectivity index (χ4v) is 1.31. The predicted molar refractivity (Wildman–Crippen MR) is 59.8 cm³/mol. The van der Waals surface area contributed by atoms with Crippen molar-refractivity contribution in [2.75, 3.05) is 11.4 Å². The van der Waals surface area contributed by atoms with E-state index in [4.69, 9.17) is 16.9 Å². The van der Waals surface area contributed by atoms with Crippen LogP contribution >= 0.6 is 11.6 Å². The lowest BCUT2D eigenvalue weighted by atomic mass is 10.3. The molecule has 0 aromatic carbocycles. The number of nitrogens with zero attached hydrogens (tertiary/aromatic N) is 4. The maximum atomic E-state index is 8.55. The summed E-state index contributed by atoms with van der Waals surface area (Å²) >= 11 is 5.70. The molecule has 0 saturated heterocycles. The Bertz CT molecular complexity index is 341. The molecule has 0 aliphatic rings. The van der Waals surface area contributed by atoms with Crippen molar-refractivity contribution < 1.29 is 0 Å². The summed E-state index contributed by atoms with van der Waals surface area (Å²) in [6, 6.07) is 2.37. The number of nitriles is 1. The van der Waals surface area contributed by atoms with Crippen LogP contribution in [0.25, 0.3) is 0 Å². The number of hydrogen-bond acceptors (Lipinski definition) is 4. The highest BCUT2D eigenvalue weighted by atomic mass is 35.5. The van der Waals surface area contributed by atoms with E-state index < -0.39 is 0 Å². The third-order valence-electron chi connectivity index (χ3n) is 1.95. The minimum Gasteiger partial charge on any atom is -0.337 e. The summed E-state index contributed by atoms with van der Waals surface area (Å²) in [6.45, 7) is 4.71. The monoisotopic (exact) mass is 224 g/mol. The molecule has 0 N–H and O–H groups in total. The largest absolute Gasteiger partial charge is 0.337 e. The molecular weight excluding hydrogens is 212 g/mol. The van der Waals surface area contributed by atoms with Gasteiger partial charge in [-0.1, -0.05) is 11.6 Å². The summed E-state index contributed by atoms with van der Waals surface area (Å²) in [5.41, 5.74) is 0. The van der Waals surface area contributed by atoms with E-state index >= 15 is 0 Å². The summed E-state index contributed by atoms with van der Waals surface area (Å²) in [7, 11) is 0. The topological polar surface area (TPSA) is 52.8 Å². The number of rotatable bonds is 4. The van der Waals surface area contributed by atoms with Crippen LogP contribution in [0.3, 0.4) is 0 Å². The Balaban J connectivity index is 2.80. The summed E-state index contributed by atoms with van der Waals surface area (Å²) in [5, 5.41) is 9.07. The quantitative estimate of drug-likeness (QED) is 0.787. The maximum absolute atomic E-state index is 8.55. The van der Waals surface area contributed by atoms with Gasteiger partial charge < -0.3 is 4.90 Å². The summed E-state index contributed by atoms with van der Waals surface area (Å²) in [6.07, 6.45) is 3.58. The van der Waals surface area contributed by atoms with Crippen LogP contribution in [-0.4, -0.2) is 22.6 Å². The van der Waals surface area contributed by atoms with Gasteiger partial charge in [-0.3, -0.25) is 0 Å². The van der Waals surface area contributed by atoms with E-state index in [0.29, 0.717) is 23.9 Å². The van der Waals surface area contributed by atoms with Crippen molar-refractivity contribution in [3.8, 4) is 6.07 Å². The Morgan fingerprint density at radius 1 is 1.47 bits per heavy atom. The minimum atomic E-state index is 0.263. The lowest BCUT2D eigenvalue weighted by Gasteiger charge is -2.25. The molecule has 1 aromatic heterocycles. The molecule has 0 amide bonds. The molecule has 0 unspecified atom stereocenters. The third-order valence-corrected chi connectivity index (χ3v) is 2.15. The van der Waals surface area contributed by atoms with Gasteiger partial charge in [0.05, 0.1) is 29.9 Å². The number of hydrogen-bond donors (Lipinski definition) is 0. The number of aromatic nitrogens is 2. The second-order valence-corrected chi connectivity index (χ2v) is 3.83. The highest BCUT2D eigenvalue weighted by molar-refractivity contribution is 6.30. The molecule has 0 spiro atoms. The molecule has 5 heteroatoms. The van der Waals surface area contributed by atoms with Crippen LogP contribution < -0.4 is 4.90 Å². The first-order chi connectivity index (χ1) is 7.15. The van der Waals surface area contributed by atoms with Gasteiger partial charge in [0.15, 0.2) is 0 Å². The van der Waals surface area contributed by atoms with Gasteiger partial charge in [-0.25, -0.2) is 9.97 Å². The Kier molecular flexibility index (Phi) is 4.32. The van der Waals surface area contributed by atoms with Crippen molar-refractivity contribution in [3.63, 3.8) is 0 Å². The first-order valence-corrected chi connectivity index (χ1v) is 5.14. The fraction of sp³-hybridized carbons (Fsp3) is 0.500. The molecule has 80 valence electrons. The van der Waals surface area contributed by atoms with Crippen LogP contribution in [0.4, 0.5) is 5.95 Å². The van der Waals surface area contributed by atoms with E-state index in [-0.39, 0.29) is 6.04 Å². The first kappa shape index (κ1) is 11.7. The van der Waals surface area contributed by atoms with E-state index in [0.717, 1.165) is 0 Å². The maximum Gasteiger partial charge on any atom is 0.225 e. The van der Waals surface area contributed by atoms with Crippen molar-refractivity contribution >= 4 is 17.5 Å². The predicted octanol–water partition coefficient (Wildman–Crippen LogP) is 2.26. The summed E-state index contributed by atoms with van der Waals surface area (Å²) in [4.78, 5) is 10.2. The number of anilines is 1. The SMILES string of the molecule is CC(C)N(CCC#N)c1ncc(Cl)cn1. The van der Waals surface area contributed by atoms with Crippen LogP contribution in [0.5, 0.6) is 0 Å². The normalized spacial score (nSPS) is 10.1. The van der Waals surface area contributed by atoms with Crippen LogP contribution in [0, 0.1) is 11.3 Å². The molecule has 15 heavy (non-hydrogen) atoms. The van der Waals surface area contributed by atoms with Gasteiger partial charge in [-0.2, -0.15) is 5.26 Å². The van der Waals surface area contributed by atoms with E-state index in [2.05, 4.69) is 16.0 Å². The van der Waals surface area contributed by atoms with Crippen LogP contribution in [0.15, 0.2) is 12.4 Å². The second kappa shape index (κ2) is 5.52. The van der Waals surface area contributed by atoms with Crippen molar-refractivity contribution in [1.82, 2.24) is 9.97 Å². The average Bonchev–Trinajstić information content (AvgIpc) is 2.21. The Hall–Kier alpha value is -1.34. The zero-order valence-corrected chi connectivity index (χ0v) is 9.57. The van der Waals surface area contributed by atoms with Crippen LogP contribution in [0.2, 0.25) is 5.02 Å². The third kappa shape index (κ3) is 3.37. The van der Waals surface area contributed by atoms with Crippen molar-refractivity contribution in [2.24, 2.45) is 0 Å². The lowest BCUT2D eigenvalue weighted by molar-refractivity contribution is 0.665. The highest BCUT2D eigenvalue weighted by Crippen LogP contribution is 2.13. The molecular formula is C10H13ClN4. The zero-order valence-electron chi connectivity index (χ0n) is 8.81. The van der Waals surface area contributed by atoms with Crippen molar-refractivity contribution in [1.29, 1.82) is 5.26 Å². The van der Waals surface area contributed by atoms with Crippen LogP contribution in [0.1, 0.15) is 20.3 Å². The van der Waals surface area contributed by atoms with Crippen molar-refractivity contribution in [3.05, 3.63) is 17.4 Å². The second-order valence-electron chi connectivity index (χ2n) is 3.40. The van der Waals surface area contributed by atoms with Crippen molar-refractivity contribution in [2.45, 2.75) is 26.3 Å². The summed E-state index contributed by atoms with van der Waals surface area (Å²) in [5.74, 6) is 0.615. The molecule has 0 bridgehead atoms. The Morgan fingerprint density at radius 2 is 2.07 bits per heavy atom. The Morgan fingerprint density at radius 3 is 2.53 bits per heavy atom. The molecule has 1 rings (SSSR count). The fourth-order valence-electron chi connectivity index (χ4n) is 1.21. The molecule has 0 fully saturated rings. The van der Waals surface area contributed by atoms with Gasteiger partial charge in [0.25, 0.3) is 0 Å². The van der Waals surface area contributed by atoms with Crippen LogP contribution in [-0.2, 0) is 0 Å². The zero-order chi connectivity index (χ0) is 11.3. The molecule has 0 radical (unpaired) electrons. The van der Waals surface area contributed by atoms with Gasteiger partial charge in [-0.15, -0.1) is 0 Å². The molecule has 0 saturated carbocycles. The van der Waals surface area contributed by atoms with Gasteiger partial charge >= 0.3 is 0 Å². The van der Waals surface area contributed by atoms with E-state index in [1.807, 2.05) is 18.7 Å². The van der Waals surface area contributed by atoms with Gasteiger partial charge in [0.2, 0.25) is 5.95 Å². The number of halogens is 1. The lowest BCUT2D eigenvalue weighted by Crippen LogP contribution is -2.33. The first-order valence-electron chi connectivity index (χ1n) is 4.76. The van der Waals surface area contributed by atoms with E-state index in [1.165, 1.54) is 0 Å². The molecule has 0 atom stereocenters. The minimum absolute atomic E-state index is 0.263. The molecule has 1 heterocycles. The molecule has 0 aliphatic carbocycles. The van der Waals surface area contributed by atoms with Gasteiger partial charge in [0, 0.05) is 12.6 Å². The molecule has 1 aromatic rings. The standard InChI is InChI=1S/C10H13ClN4/c1-8(2)15(5-3-4-12)10-13-6-9(11)7-14-10/h6-8H,3,5H2,1-2H3. The smallest absolute Gasteiger partial charge is 0.225 e. The van der Waals surface area contributed by atoms with Gasteiger partial charge in [-0.05, 0) is 13.8 Å². The van der Waals surface area contributed by atoms with Gasteiger partial charge in [0.1, 0.15) is 0 Å². The van der Waals surface area contributed by atoms with E-state index in [9.17, 15) is 0 Å². The van der Waals surface area contributed by atoms with E-state index in [1.54, 1.807) is 12.4 Å². The highest BCUT2D eigenvalue weighted by Gasteiger charge is 2.12. The summed E-state index contributed by atoms with van der Waals surface area (Å²) < 4.78 is 0. The average molecular weight is 225 g/mol.